The highest BCUT2D eigenvalue weighted by Gasteiger charge is 2.41. The number of ketones is 1. The third-order valence-electron chi connectivity index (χ3n) is 9.96. The van der Waals surface area contributed by atoms with Crippen molar-refractivity contribution in [3.05, 3.63) is 45.9 Å². The van der Waals surface area contributed by atoms with Gasteiger partial charge in [-0.05, 0) is 77.8 Å². The molecular formula is C42H64N4O10S. The Morgan fingerprint density at radius 1 is 0.895 bits per heavy atom. The van der Waals surface area contributed by atoms with Gasteiger partial charge in [-0.15, -0.1) is 11.3 Å². The van der Waals surface area contributed by atoms with Crippen molar-refractivity contribution >= 4 is 35.0 Å². The van der Waals surface area contributed by atoms with Crippen molar-refractivity contribution in [3.8, 4) is 5.75 Å². The molecule has 2 fully saturated rings. The molecule has 0 spiro atoms. The van der Waals surface area contributed by atoms with Crippen LogP contribution in [-0.2, 0) is 33.3 Å². The van der Waals surface area contributed by atoms with Crippen molar-refractivity contribution in [1.82, 2.24) is 20.1 Å². The highest BCUT2D eigenvalue weighted by Crippen LogP contribution is 2.37. The van der Waals surface area contributed by atoms with E-state index in [1.54, 1.807) is 57.3 Å². The number of likely N-dealkylation sites (N-methyl/N-ethyl adjacent to an activating group) is 1. The van der Waals surface area contributed by atoms with E-state index in [1.165, 1.54) is 23.3 Å². The fraction of sp³-hybridized carbons (Fsp3) is 0.690. The Morgan fingerprint density at radius 3 is 2.16 bits per heavy atom. The molecule has 57 heavy (non-hydrogen) atoms. The minimum absolute atomic E-state index is 0.0180. The number of nitrogens with one attached hydrogen (secondary N) is 1. The largest absolute Gasteiger partial charge is 0.491 e. The van der Waals surface area contributed by atoms with Gasteiger partial charge in [-0.1, -0.05) is 38.3 Å². The maximum Gasteiger partial charge on any atom is 0.410 e. The standard InChI is InChI=1S/C42H64N4O10S/c1-7-19-51-20-21-52-22-23-53-24-25-54-26-27-55-33-16-11-15-32(28-33)37(47)34-29-57-39(43-34)35-17-12-18-46(35)40(49)36(31-13-9-8-10-14-31)44-38(48)30(2)45(6)41(50)56-42(3,4)5/h11,15-16,28-31,35-36H,7-10,12-14,17-27H2,1-6H3,(H,44,48)/t30-,35-,36-/m0/s1. The molecule has 1 aliphatic carbocycles. The molecule has 1 aromatic heterocycles. The van der Waals surface area contributed by atoms with Crippen molar-refractivity contribution in [1.29, 1.82) is 0 Å². The number of thiazole rings is 1. The van der Waals surface area contributed by atoms with Gasteiger partial charge in [0.1, 0.15) is 40.7 Å². The molecule has 3 amide bonds. The van der Waals surface area contributed by atoms with Gasteiger partial charge >= 0.3 is 6.09 Å². The number of likely N-dealkylation sites (tertiary alicyclic amines) is 1. The van der Waals surface area contributed by atoms with E-state index in [0.29, 0.717) is 87.8 Å². The molecule has 1 saturated carbocycles. The zero-order chi connectivity index (χ0) is 41.2. The van der Waals surface area contributed by atoms with Gasteiger partial charge in [0.15, 0.2) is 0 Å². The van der Waals surface area contributed by atoms with Gasteiger partial charge in [0, 0.05) is 31.1 Å². The van der Waals surface area contributed by atoms with Crippen LogP contribution in [0.3, 0.4) is 0 Å². The van der Waals surface area contributed by atoms with E-state index in [9.17, 15) is 19.2 Å². The summed E-state index contributed by atoms with van der Waals surface area (Å²) in [7, 11) is 1.53. The summed E-state index contributed by atoms with van der Waals surface area (Å²) in [5.74, 6) is -0.263. The Hall–Kier alpha value is -3.63. The first-order chi connectivity index (χ1) is 27.4. The lowest BCUT2D eigenvalue weighted by atomic mass is 9.83. The first kappa shape index (κ1) is 46.1. The molecule has 0 bridgehead atoms. The van der Waals surface area contributed by atoms with Crippen molar-refractivity contribution in [2.75, 3.05) is 73.1 Å². The lowest BCUT2D eigenvalue weighted by Crippen LogP contribution is -2.56. The lowest BCUT2D eigenvalue weighted by molar-refractivity contribution is -0.140. The minimum atomic E-state index is -0.847. The third kappa shape index (κ3) is 14.9. The van der Waals surface area contributed by atoms with Crippen LogP contribution in [0.15, 0.2) is 29.6 Å². The normalized spacial score (nSPS) is 17.2. The summed E-state index contributed by atoms with van der Waals surface area (Å²) in [6, 6.07) is 5.10. The molecule has 1 aromatic carbocycles. The predicted octanol–water partition coefficient (Wildman–Crippen LogP) is 6.21. The Balaban J connectivity index is 1.29. The SMILES string of the molecule is CCCOCCOCCOCCOCCOc1cccc(C(=O)c2csc([C@@H]3CCCN3C(=O)[C@@H](NC(=O)[C@H](C)N(C)C(=O)OC(C)(C)C)C3CCCCC3)n2)c1. The molecule has 2 aliphatic rings. The van der Waals surface area contributed by atoms with Crippen LogP contribution in [0.4, 0.5) is 4.79 Å². The molecule has 2 aromatic rings. The van der Waals surface area contributed by atoms with Crippen LogP contribution < -0.4 is 10.1 Å². The summed E-state index contributed by atoms with van der Waals surface area (Å²) in [5, 5.41) is 5.47. The second-order valence-electron chi connectivity index (χ2n) is 15.6. The molecule has 0 radical (unpaired) electrons. The van der Waals surface area contributed by atoms with Gasteiger partial charge in [-0.3, -0.25) is 19.3 Å². The molecule has 1 N–H and O–H groups in total. The number of rotatable bonds is 23. The maximum atomic E-state index is 14.4. The van der Waals surface area contributed by atoms with Crippen molar-refractivity contribution in [3.63, 3.8) is 0 Å². The Morgan fingerprint density at radius 2 is 1.53 bits per heavy atom. The number of amides is 3. The summed E-state index contributed by atoms with van der Waals surface area (Å²) >= 11 is 1.36. The Bertz CT molecular complexity index is 1560. The molecular weight excluding hydrogens is 753 g/mol. The van der Waals surface area contributed by atoms with E-state index >= 15 is 0 Å². The number of benzene rings is 1. The zero-order valence-corrected chi connectivity index (χ0v) is 35.6. The summed E-state index contributed by atoms with van der Waals surface area (Å²) in [5.41, 5.74) is 0.0442. The number of hydrogen-bond acceptors (Lipinski definition) is 12. The topological polar surface area (TPSA) is 155 Å². The van der Waals surface area contributed by atoms with Gasteiger partial charge in [-0.2, -0.15) is 0 Å². The molecule has 0 unspecified atom stereocenters. The van der Waals surface area contributed by atoms with E-state index in [4.69, 9.17) is 33.4 Å². The van der Waals surface area contributed by atoms with Crippen LogP contribution in [0.25, 0.3) is 0 Å². The zero-order valence-electron chi connectivity index (χ0n) is 34.8. The predicted molar refractivity (Wildman–Crippen MR) is 217 cm³/mol. The average Bonchev–Trinajstić information content (AvgIpc) is 3.89. The molecule has 1 saturated heterocycles. The van der Waals surface area contributed by atoms with Crippen LogP contribution in [0.1, 0.15) is 113 Å². The molecule has 14 nitrogen and oxygen atoms in total. The first-order valence-corrected chi connectivity index (χ1v) is 21.4. The van der Waals surface area contributed by atoms with Crippen LogP contribution in [0, 0.1) is 5.92 Å². The smallest absolute Gasteiger partial charge is 0.410 e. The van der Waals surface area contributed by atoms with Crippen LogP contribution >= 0.6 is 11.3 Å². The van der Waals surface area contributed by atoms with E-state index in [2.05, 4.69) is 12.2 Å². The van der Waals surface area contributed by atoms with E-state index in [0.717, 1.165) is 51.6 Å². The van der Waals surface area contributed by atoms with Crippen molar-refractivity contribution in [2.24, 2.45) is 5.92 Å². The molecule has 15 heteroatoms. The molecule has 4 rings (SSSR count). The van der Waals surface area contributed by atoms with Gasteiger partial charge in [0.05, 0.1) is 52.3 Å². The van der Waals surface area contributed by atoms with Crippen LogP contribution in [0.2, 0.25) is 0 Å². The summed E-state index contributed by atoms with van der Waals surface area (Å²) in [4.78, 5) is 62.1. The number of aromatic nitrogens is 1. The number of carbonyl (C=O) groups excluding carboxylic acids is 4. The quantitative estimate of drug-likeness (QED) is 0.101. The molecule has 3 atom stereocenters. The van der Waals surface area contributed by atoms with E-state index < -0.39 is 29.7 Å². The van der Waals surface area contributed by atoms with E-state index in [-0.39, 0.29) is 23.7 Å². The van der Waals surface area contributed by atoms with Crippen LogP contribution in [0.5, 0.6) is 5.75 Å². The third-order valence-corrected chi connectivity index (χ3v) is 10.9. The summed E-state index contributed by atoms with van der Waals surface area (Å²) in [6.45, 7) is 14.0. The van der Waals surface area contributed by atoms with E-state index in [1.807, 2.05) is 4.90 Å². The summed E-state index contributed by atoms with van der Waals surface area (Å²) < 4.78 is 33.3. The minimum Gasteiger partial charge on any atom is -0.491 e. The lowest BCUT2D eigenvalue weighted by Gasteiger charge is -2.36. The van der Waals surface area contributed by atoms with Crippen LogP contribution in [-0.4, -0.2) is 129 Å². The maximum absolute atomic E-state index is 14.4. The summed E-state index contributed by atoms with van der Waals surface area (Å²) in [6.07, 6.45) is 6.61. The highest BCUT2D eigenvalue weighted by atomic mass is 32.1. The van der Waals surface area contributed by atoms with Gasteiger partial charge < -0.3 is 38.6 Å². The Labute approximate surface area is 342 Å². The number of carbonyl (C=O) groups is 4. The highest BCUT2D eigenvalue weighted by molar-refractivity contribution is 7.10. The molecule has 1 aliphatic heterocycles. The number of hydrogen-bond donors (Lipinski definition) is 1. The number of ether oxygens (including phenoxy) is 6. The fourth-order valence-electron chi connectivity index (χ4n) is 6.80. The molecule has 2 heterocycles. The monoisotopic (exact) mass is 816 g/mol. The van der Waals surface area contributed by atoms with Crippen molar-refractivity contribution < 1.29 is 47.6 Å². The first-order valence-electron chi connectivity index (χ1n) is 20.5. The second kappa shape index (κ2) is 23.7. The second-order valence-corrected chi connectivity index (χ2v) is 16.5. The number of nitrogens with zero attached hydrogens (tertiary/aromatic N) is 3. The fourth-order valence-corrected chi connectivity index (χ4v) is 7.75. The van der Waals surface area contributed by atoms with Gasteiger partial charge in [0.25, 0.3) is 0 Å². The average molecular weight is 817 g/mol. The Kier molecular flexibility index (Phi) is 19.1. The van der Waals surface area contributed by atoms with Crippen molar-refractivity contribution in [2.45, 2.75) is 110 Å². The van der Waals surface area contributed by atoms with Gasteiger partial charge in [-0.25, -0.2) is 9.78 Å². The van der Waals surface area contributed by atoms with Gasteiger partial charge in [0.2, 0.25) is 17.6 Å². The molecule has 318 valence electrons.